The molecule has 2 aliphatic heterocycles. The van der Waals surface area contributed by atoms with Gasteiger partial charge in [-0.3, -0.25) is 14.5 Å². The molecule has 0 bridgehead atoms. The fraction of sp³-hybridized carbons (Fsp3) is 0.462. The minimum absolute atomic E-state index is 0.0348. The number of β-lactam (4-membered cyclic amide) rings is 1. The number of alkyl halides is 1. The summed E-state index contributed by atoms with van der Waals surface area (Å²) in [4.78, 5) is 58.0. The van der Waals surface area contributed by atoms with Gasteiger partial charge in [-0.2, -0.15) is 9.36 Å². The molecule has 0 aromatic carbocycles. The molecular weight excluding hydrogens is 668 g/mol. The fourth-order valence-corrected chi connectivity index (χ4v) is 6.93. The van der Waals surface area contributed by atoms with E-state index < -0.39 is 49.8 Å². The fourth-order valence-electron chi connectivity index (χ4n) is 4.81. The van der Waals surface area contributed by atoms with Gasteiger partial charge in [0, 0.05) is 37.4 Å². The van der Waals surface area contributed by atoms with Crippen molar-refractivity contribution in [3.05, 3.63) is 35.4 Å². The summed E-state index contributed by atoms with van der Waals surface area (Å²) in [6.45, 7) is 3.65. The number of rotatable bonds is 15. The highest BCUT2D eigenvalue weighted by Crippen LogP contribution is 2.42. The van der Waals surface area contributed by atoms with E-state index in [0.29, 0.717) is 29.4 Å². The van der Waals surface area contributed by atoms with Crippen LogP contribution in [0.25, 0.3) is 0 Å². The lowest BCUT2D eigenvalue weighted by atomic mass is 10.0. The van der Waals surface area contributed by atoms with Crippen molar-refractivity contribution in [1.82, 2.24) is 24.5 Å². The molecule has 2 aromatic heterocycles. The Bertz CT molecular complexity index is 1580. The number of nitrogens with one attached hydrogen (secondary N) is 1. The molecule has 4 heterocycles. The van der Waals surface area contributed by atoms with Crippen LogP contribution in [-0.2, 0) is 30.3 Å². The van der Waals surface area contributed by atoms with E-state index in [0.717, 1.165) is 24.5 Å². The number of aliphatic imine (C=N–C) groups is 1. The van der Waals surface area contributed by atoms with Gasteiger partial charge < -0.3 is 30.1 Å². The topological polar surface area (TPSA) is 172 Å². The third-order valence-corrected chi connectivity index (χ3v) is 9.11. The van der Waals surface area contributed by atoms with Crippen molar-refractivity contribution < 1.29 is 32.7 Å². The Labute approximate surface area is 283 Å². The third-order valence-electron chi connectivity index (χ3n) is 6.77. The molecule has 3 unspecified atom stereocenters. The molecule has 0 spiro atoms. The first kappa shape index (κ1) is 36.2. The molecule has 47 heavy (non-hydrogen) atoms. The van der Waals surface area contributed by atoms with Crippen molar-refractivity contribution in [2.75, 3.05) is 57.0 Å². The summed E-state index contributed by atoms with van der Waals surface area (Å²) in [7, 11) is 14.7. The van der Waals surface area contributed by atoms with Crippen LogP contribution in [0.2, 0.25) is 0 Å². The van der Waals surface area contributed by atoms with Crippen molar-refractivity contribution in [2.45, 2.75) is 31.3 Å². The van der Waals surface area contributed by atoms with E-state index in [-0.39, 0.29) is 23.2 Å². The molecule has 246 valence electrons. The van der Waals surface area contributed by atoms with Crippen LogP contribution in [0, 0.1) is 0 Å². The molecule has 3 N–H and O–H groups in total. The molecule has 3 atom stereocenters. The number of hydrogen-bond acceptors (Lipinski definition) is 14. The molecule has 2 amide bonds. The molecule has 0 aliphatic carbocycles. The maximum Gasteiger partial charge on any atom is 0.357 e. The second kappa shape index (κ2) is 16.5. The number of nitrogens with zero attached hydrogens (tertiary/aromatic N) is 8. The molecule has 2 aliphatic rings. The largest absolute Gasteiger partial charge is 0.452 e. The summed E-state index contributed by atoms with van der Waals surface area (Å²) in [5.74, 6) is -1.56. The minimum atomic E-state index is -1.61. The average Bonchev–Trinajstić information content (AvgIpc) is 3.45. The van der Waals surface area contributed by atoms with Crippen molar-refractivity contribution in [3.63, 3.8) is 0 Å². The molecule has 4 radical (unpaired) electrons. The van der Waals surface area contributed by atoms with Crippen LogP contribution in [0.5, 0.6) is 0 Å². The predicted octanol–water partition coefficient (Wildman–Crippen LogP) is 0.627. The highest BCUT2D eigenvalue weighted by Gasteiger charge is 2.55. The van der Waals surface area contributed by atoms with Gasteiger partial charge in [0.1, 0.15) is 35.6 Å². The smallest absolute Gasteiger partial charge is 0.357 e. The van der Waals surface area contributed by atoms with Crippen molar-refractivity contribution in [3.8, 4) is 0 Å². The molecule has 4 rings (SSSR count). The van der Waals surface area contributed by atoms with Gasteiger partial charge in [0.15, 0.2) is 12.7 Å². The maximum absolute atomic E-state index is 13.6. The summed E-state index contributed by atoms with van der Waals surface area (Å²) in [6.07, 6.45) is 4.28. The van der Waals surface area contributed by atoms with E-state index in [4.69, 9.17) is 25.8 Å². The number of fused-ring (bicyclic) bond motifs is 1. The molecule has 15 nitrogen and oxygen atoms in total. The van der Waals surface area contributed by atoms with Crippen LogP contribution in [-0.4, -0.2) is 122 Å². The summed E-state index contributed by atoms with van der Waals surface area (Å²) in [5.41, 5.74) is 6.46. The van der Waals surface area contributed by atoms with Crippen LogP contribution in [0.15, 0.2) is 39.7 Å². The number of nitrogens with two attached hydrogens (primary N) is 1. The third kappa shape index (κ3) is 8.66. The van der Waals surface area contributed by atoms with Gasteiger partial charge in [-0.1, -0.05) is 10.1 Å². The number of amides is 2. The zero-order valence-electron chi connectivity index (χ0n) is 26.2. The van der Waals surface area contributed by atoms with E-state index in [1.165, 1.54) is 16.7 Å². The van der Waals surface area contributed by atoms with E-state index in [9.17, 15) is 18.8 Å². The lowest BCUT2D eigenvalue weighted by Crippen LogP contribution is -2.71. The van der Waals surface area contributed by atoms with Crippen LogP contribution in [0.4, 0.5) is 21.0 Å². The van der Waals surface area contributed by atoms with E-state index >= 15 is 0 Å². The van der Waals surface area contributed by atoms with Gasteiger partial charge in [-0.05, 0) is 52.8 Å². The zero-order chi connectivity index (χ0) is 34.2. The Morgan fingerprint density at radius 1 is 1.38 bits per heavy atom. The number of halogens is 1. The van der Waals surface area contributed by atoms with Gasteiger partial charge in [0.25, 0.3) is 18.7 Å². The monoisotopic (exact) mass is 701 g/mol. The number of hydrogen-bond donors (Lipinski definition) is 2. The first-order chi connectivity index (χ1) is 22.5. The highest BCUT2D eigenvalue weighted by atomic mass is 32.2. The van der Waals surface area contributed by atoms with E-state index in [1.807, 2.05) is 37.0 Å². The van der Waals surface area contributed by atoms with Gasteiger partial charge in [0.05, 0.1) is 6.20 Å². The summed E-state index contributed by atoms with van der Waals surface area (Å²) < 4.78 is 23.9. The van der Waals surface area contributed by atoms with Crippen molar-refractivity contribution in [2.24, 2.45) is 10.1 Å². The minimum Gasteiger partial charge on any atom is -0.452 e. The Morgan fingerprint density at radius 3 is 2.79 bits per heavy atom. The van der Waals surface area contributed by atoms with E-state index in [2.05, 4.69) is 34.6 Å². The Kier molecular flexibility index (Phi) is 12.7. The Morgan fingerprint density at radius 2 is 2.15 bits per heavy atom. The van der Waals surface area contributed by atoms with Gasteiger partial charge in [0.2, 0.25) is 19.5 Å². The summed E-state index contributed by atoms with van der Waals surface area (Å²) >= 11 is 2.13. The van der Waals surface area contributed by atoms with E-state index in [1.54, 1.807) is 24.6 Å². The number of anilines is 2. The molecule has 21 heteroatoms. The van der Waals surface area contributed by atoms with Crippen LogP contribution >= 0.6 is 31.3 Å². The molecule has 1 fully saturated rings. The number of oxime groups is 1. The second-order valence-corrected chi connectivity index (χ2v) is 13.6. The van der Waals surface area contributed by atoms with Gasteiger partial charge in [-0.15, -0.1) is 11.8 Å². The van der Waals surface area contributed by atoms with Crippen LogP contribution < -0.4 is 20.4 Å². The first-order valence-corrected chi connectivity index (χ1v) is 17.8. The average molecular weight is 701 g/mol. The Balaban J connectivity index is 1.63. The number of nitrogen functional groups attached to an aromatic ring is 1. The summed E-state index contributed by atoms with van der Waals surface area (Å²) in [5, 5.41) is 5.42. The molecule has 1 saturated heterocycles. The number of aromatic nitrogens is 3. The normalized spacial score (nSPS) is 18.6. The number of carbonyl (C=O) groups excluding carboxylic acids is 3. The lowest BCUT2D eigenvalue weighted by Gasteiger charge is -2.49. The van der Waals surface area contributed by atoms with Gasteiger partial charge >= 0.3 is 11.8 Å². The molecule has 0 saturated carbocycles. The number of pyridine rings is 1. The van der Waals surface area contributed by atoms with Crippen LogP contribution in [0.1, 0.15) is 19.2 Å². The Hall–Kier alpha value is -3.60. The van der Waals surface area contributed by atoms with Crippen LogP contribution in [0.3, 0.4) is 0 Å². The maximum atomic E-state index is 13.6. The zero-order valence-corrected chi connectivity index (χ0v) is 28.7. The van der Waals surface area contributed by atoms with Crippen molar-refractivity contribution >= 4 is 93.2 Å². The quantitative estimate of drug-likeness (QED) is 0.0667. The highest BCUT2D eigenvalue weighted by molar-refractivity contribution is 8.00. The second-order valence-electron chi connectivity index (χ2n) is 10.5. The SMILES string of the molecule is [B]N(CCCN(C)C)c1ccc[n+](CC2=C(C(=O)OP([B])C)N3C(=O)C(NC(=O)/C(=N\OCF)c4nsc(N)n4)C3SC2)c1N=CC. The summed E-state index contributed by atoms with van der Waals surface area (Å²) in [6, 6.07) is 2.63. The predicted molar refractivity (Wildman–Crippen MR) is 181 cm³/mol. The standard InChI is InChI=1S/C26H32B2FN10O5PS2/c1-5-31-21-16(38(27)11-7-9-36(2)3)8-6-10-37(21)12-15-13-46-24-18(23(41)39(24)19(15)25(42)44-45(4)28)32-22(40)17(34-43-14-29)20-33-26(30)47-35-20/h5-6,8,10,18,24H,7,9,11-14H2,1-4H3,(H2-,30,32,33,35,40)/p+1/b34-17-. The lowest BCUT2D eigenvalue weighted by molar-refractivity contribution is -0.675. The first-order valence-electron chi connectivity index (χ1n) is 14.2. The number of carbonyl (C=O) groups is 3. The van der Waals surface area contributed by atoms with Crippen molar-refractivity contribution in [1.29, 1.82) is 0 Å². The van der Waals surface area contributed by atoms with Gasteiger partial charge in [-0.25, -0.2) is 13.8 Å². The molecular formula is C26H33B2FN10O5PS2+. The number of thioether (sulfide) groups is 1. The molecule has 2 aromatic rings.